The number of amides is 1. The first-order chi connectivity index (χ1) is 12.2. The Balaban J connectivity index is 1.58. The number of hydrogen-bond acceptors (Lipinski definition) is 3. The second-order valence-electron chi connectivity index (χ2n) is 5.45. The molecule has 5 heteroatoms. The first-order valence-corrected chi connectivity index (χ1v) is 8.24. The average molecular weight is 353 g/mol. The van der Waals surface area contributed by atoms with Gasteiger partial charge in [-0.2, -0.15) is 0 Å². The summed E-state index contributed by atoms with van der Waals surface area (Å²) in [6, 6.07) is 20.1. The molecule has 0 unspecified atom stereocenters. The van der Waals surface area contributed by atoms with Crippen molar-refractivity contribution in [3.63, 3.8) is 0 Å². The average Bonchev–Trinajstić information content (AvgIpc) is 2.67. The van der Waals surface area contributed by atoms with E-state index in [0.29, 0.717) is 29.5 Å². The van der Waals surface area contributed by atoms with E-state index in [4.69, 9.17) is 16.3 Å². The Morgan fingerprint density at radius 2 is 1.88 bits per heavy atom. The van der Waals surface area contributed by atoms with Gasteiger partial charge in [-0.1, -0.05) is 35.9 Å². The minimum absolute atomic E-state index is 0.154. The molecule has 0 aliphatic carbocycles. The van der Waals surface area contributed by atoms with Crippen LogP contribution in [0.25, 0.3) is 0 Å². The summed E-state index contributed by atoms with van der Waals surface area (Å²) in [7, 11) is 0. The van der Waals surface area contributed by atoms with Gasteiger partial charge in [0.1, 0.15) is 12.4 Å². The summed E-state index contributed by atoms with van der Waals surface area (Å²) in [4.78, 5) is 16.5. The Labute approximate surface area is 151 Å². The summed E-state index contributed by atoms with van der Waals surface area (Å²) in [5.41, 5.74) is 2.37. The lowest BCUT2D eigenvalue weighted by Gasteiger charge is -2.09. The van der Waals surface area contributed by atoms with Gasteiger partial charge in [0.05, 0.1) is 5.69 Å². The summed E-state index contributed by atoms with van der Waals surface area (Å²) in [5.74, 6) is 0.475. The predicted molar refractivity (Wildman–Crippen MR) is 97.6 cm³/mol. The van der Waals surface area contributed by atoms with Crippen LogP contribution in [0.4, 0.5) is 0 Å². The van der Waals surface area contributed by atoms with Crippen LogP contribution in [0.15, 0.2) is 72.9 Å². The Hall–Kier alpha value is -2.85. The van der Waals surface area contributed by atoms with E-state index >= 15 is 0 Å². The summed E-state index contributed by atoms with van der Waals surface area (Å²) in [5, 5.41) is 3.56. The molecule has 1 N–H and O–H groups in total. The maximum atomic E-state index is 12.3. The molecular weight excluding hydrogens is 336 g/mol. The Morgan fingerprint density at radius 1 is 1.04 bits per heavy atom. The van der Waals surface area contributed by atoms with Crippen molar-refractivity contribution in [3.8, 4) is 5.75 Å². The van der Waals surface area contributed by atoms with E-state index in [1.54, 1.807) is 36.5 Å². The van der Waals surface area contributed by atoms with Gasteiger partial charge >= 0.3 is 0 Å². The van der Waals surface area contributed by atoms with E-state index in [0.717, 1.165) is 11.3 Å². The summed E-state index contributed by atoms with van der Waals surface area (Å²) in [6.45, 7) is 0.797. The van der Waals surface area contributed by atoms with E-state index < -0.39 is 0 Å². The van der Waals surface area contributed by atoms with Crippen LogP contribution in [0.1, 0.15) is 21.6 Å². The van der Waals surface area contributed by atoms with Gasteiger partial charge in [0.15, 0.2) is 0 Å². The standard InChI is InChI=1S/C20H17ClN2O2/c21-17-9-7-15(8-10-17)13-23-20(24)16-4-3-6-19(12-16)25-14-18-5-1-2-11-22-18/h1-12H,13-14H2,(H,23,24). The number of hydrogen-bond donors (Lipinski definition) is 1. The number of nitrogens with zero attached hydrogens (tertiary/aromatic N) is 1. The number of nitrogens with one attached hydrogen (secondary N) is 1. The molecule has 1 amide bonds. The van der Waals surface area contributed by atoms with Crippen LogP contribution in [0.3, 0.4) is 0 Å². The predicted octanol–water partition coefficient (Wildman–Crippen LogP) is 4.24. The fraction of sp³-hybridized carbons (Fsp3) is 0.100. The molecular formula is C20H17ClN2O2. The number of carbonyl (C=O) groups is 1. The summed E-state index contributed by atoms with van der Waals surface area (Å²) < 4.78 is 5.70. The first-order valence-electron chi connectivity index (χ1n) is 7.86. The zero-order valence-corrected chi connectivity index (χ0v) is 14.2. The normalized spacial score (nSPS) is 10.3. The lowest BCUT2D eigenvalue weighted by molar-refractivity contribution is 0.0950. The third kappa shape index (κ3) is 5.06. The topological polar surface area (TPSA) is 51.2 Å². The molecule has 0 aliphatic heterocycles. The highest BCUT2D eigenvalue weighted by atomic mass is 35.5. The molecule has 0 radical (unpaired) electrons. The second-order valence-corrected chi connectivity index (χ2v) is 5.88. The fourth-order valence-corrected chi connectivity index (χ4v) is 2.38. The number of benzene rings is 2. The molecule has 4 nitrogen and oxygen atoms in total. The fourth-order valence-electron chi connectivity index (χ4n) is 2.25. The van der Waals surface area contributed by atoms with Gasteiger partial charge in [-0.3, -0.25) is 9.78 Å². The Morgan fingerprint density at radius 3 is 2.64 bits per heavy atom. The number of aromatic nitrogens is 1. The molecule has 2 aromatic carbocycles. The highest BCUT2D eigenvalue weighted by Crippen LogP contribution is 2.15. The molecule has 0 aliphatic rings. The van der Waals surface area contributed by atoms with Gasteiger partial charge in [0.25, 0.3) is 5.91 Å². The number of carbonyl (C=O) groups excluding carboxylic acids is 1. The van der Waals surface area contributed by atoms with Crippen molar-refractivity contribution in [1.29, 1.82) is 0 Å². The minimum Gasteiger partial charge on any atom is -0.487 e. The molecule has 1 aromatic heterocycles. The zero-order valence-electron chi connectivity index (χ0n) is 13.5. The molecule has 0 atom stereocenters. The molecule has 0 fully saturated rings. The van der Waals surface area contributed by atoms with Crippen LogP contribution < -0.4 is 10.1 Å². The van der Waals surface area contributed by atoms with Gasteiger partial charge in [-0.15, -0.1) is 0 Å². The maximum absolute atomic E-state index is 12.3. The SMILES string of the molecule is O=C(NCc1ccc(Cl)cc1)c1cccc(OCc2ccccn2)c1. The van der Waals surface area contributed by atoms with Gasteiger partial charge in [-0.05, 0) is 48.0 Å². The van der Waals surface area contributed by atoms with E-state index in [1.165, 1.54) is 0 Å². The third-order valence-corrected chi connectivity index (χ3v) is 3.83. The highest BCUT2D eigenvalue weighted by Gasteiger charge is 2.07. The van der Waals surface area contributed by atoms with E-state index in [1.807, 2.05) is 36.4 Å². The lowest BCUT2D eigenvalue weighted by atomic mass is 10.2. The van der Waals surface area contributed by atoms with Gasteiger partial charge in [0, 0.05) is 23.3 Å². The van der Waals surface area contributed by atoms with Crippen LogP contribution in [-0.4, -0.2) is 10.9 Å². The number of halogens is 1. The smallest absolute Gasteiger partial charge is 0.251 e. The molecule has 1 heterocycles. The van der Waals surface area contributed by atoms with Gasteiger partial charge in [-0.25, -0.2) is 0 Å². The minimum atomic E-state index is -0.154. The molecule has 0 saturated heterocycles. The maximum Gasteiger partial charge on any atom is 0.251 e. The van der Waals surface area contributed by atoms with Crippen molar-refractivity contribution in [1.82, 2.24) is 10.3 Å². The molecule has 0 bridgehead atoms. The van der Waals surface area contributed by atoms with Gasteiger partial charge in [0.2, 0.25) is 0 Å². The number of pyridine rings is 1. The van der Waals surface area contributed by atoms with Crippen molar-refractivity contribution in [2.24, 2.45) is 0 Å². The van der Waals surface area contributed by atoms with Crippen molar-refractivity contribution in [3.05, 3.63) is 94.8 Å². The quantitative estimate of drug-likeness (QED) is 0.721. The van der Waals surface area contributed by atoms with Gasteiger partial charge < -0.3 is 10.1 Å². The lowest BCUT2D eigenvalue weighted by Crippen LogP contribution is -2.22. The molecule has 126 valence electrons. The largest absolute Gasteiger partial charge is 0.487 e. The Bertz CT molecular complexity index is 836. The number of ether oxygens (including phenoxy) is 1. The molecule has 25 heavy (non-hydrogen) atoms. The van der Waals surface area contributed by atoms with Crippen LogP contribution in [-0.2, 0) is 13.2 Å². The van der Waals surface area contributed by atoms with Crippen LogP contribution >= 0.6 is 11.6 Å². The van der Waals surface area contributed by atoms with Crippen molar-refractivity contribution in [2.45, 2.75) is 13.2 Å². The van der Waals surface area contributed by atoms with Crippen molar-refractivity contribution >= 4 is 17.5 Å². The number of rotatable bonds is 6. The van der Waals surface area contributed by atoms with Crippen molar-refractivity contribution < 1.29 is 9.53 Å². The first kappa shape index (κ1) is 17.0. The monoisotopic (exact) mass is 352 g/mol. The summed E-state index contributed by atoms with van der Waals surface area (Å²) in [6.07, 6.45) is 1.72. The molecule has 3 aromatic rings. The van der Waals surface area contributed by atoms with E-state index in [9.17, 15) is 4.79 Å². The zero-order chi connectivity index (χ0) is 17.5. The van der Waals surface area contributed by atoms with Crippen LogP contribution in [0.2, 0.25) is 5.02 Å². The summed E-state index contributed by atoms with van der Waals surface area (Å²) >= 11 is 5.86. The van der Waals surface area contributed by atoms with Crippen LogP contribution in [0.5, 0.6) is 5.75 Å². The molecule has 0 spiro atoms. The second kappa shape index (κ2) is 8.31. The highest BCUT2D eigenvalue weighted by molar-refractivity contribution is 6.30. The molecule has 3 rings (SSSR count). The van der Waals surface area contributed by atoms with E-state index in [2.05, 4.69) is 10.3 Å². The third-order valence-electron chi connectivity index (χ3n) is 3.58. The van der Waals surface area contributed by atoms with Crippen LogP contribution in [0, 0.1) is 0 Å². The van der Waals surface area contributed by atoms with E-state index in [-0.39, 0.29) is 5.91 Å². The van der Waals surface area contributed by atoms with Crippen molar-refractivity contribution in [2.75, 3.05) is 0 Å². The molecule has 0 saturated carbocycles. The Kier molecular flexibility index (Phi) is 5.65.